The largest absolute Gasteiger partial charge is 0.275 e. The molecule has 0 saturated heterocycles. The van der Waals surface area contributed by atoms with Gasteiger partial charge in [0, 0.05) is 30.6 Å². The Hall–Kier alpha value is -2.10. The maximum absolute atomic E-state index is 4.30. The molecule has 3 rings (SSSR count). The van der Waals surface area contributed by atoms with E-state index in [-0.39, 0.29) is 0 Å². The zero-order valence-electron chi connectivity index (χ0n) is 11.3. The average molecular weight is 242 g/mol. The van der Waals surface area contributed by atoms with E-state index in [0.29, 0.717) is 0 Å². The summed E-state index contributed by atoms with van der Waals surface area (Å²) in [6, 6.07) is 4.19. The third-order valence-electron chi connectivity index (χ3n) is 2.75. The SMILES string of the molecule is CC.Cc1cnn2cc(-c3cnn(C)c3)ccc12. The lowest BCUT2D eigenvalue weighted by Crippen LogP contribution is -1.88. The van der Waals surface area contributed by atoms with Gasteiger partial charge in [0.25, 0.3) is 0 Å². The first-order valence-corrected chi connectivity index (χ1v) is 6.17. The van der Waals surface area contributed by atoms with Crippen LogP contribution in [0.3, 0.4) is 0 Å². The molecule has 0 saturated carbocycles. The quantitative estimate of drug-likeness (QED) is 0.657. The van der Waals surface area contributed by atoms with Crippen molar-refractivity contribution in [2.75, 3.05) is 0 Å². The molecule has 0 aliphatic carbocycles. The molecule has 0 spiro atoms. The molecule has 0 bridgehead atoms. The molecule has 0 radical (unpaired) electrons. The highest BCUT2D eigenvalue weighted by Crippen LogP contribution is 2.20. The summed E-state index contributed by atoms with van der Waals surface area (Å²) in [6.07, 6.45) is 7.76. The minimum absolute atomic E-state index is 1.11. The highest BCUT2D eigenvalue weighted by atomic mass is 15.2. The lowest BCUT2D eigenvalue weighted by Gasteiger charge is -1.99. The Balaban J connectivity index is 0.000000574. The predicted molar refractivity (Wildman–Crippen MR) is 73.5 cm³/mol. The normalized spacial score (nSPS) is 10.2. The second-order valence-electron chi connectivity index (χ2n) is 3.98. The molecule has 0 aliphatic rings. The van der Waals surface area contributed by atoms with E-state index in [1.807, 2.05) is 50.2 Å². The van der Waals surface area contributed by atoms with Crippen molar-refractivity contribution in [3.63, 3.8) is 0 Å². The fourth-order valence-electron chi connectivity index (χ4n) is 1.85. The Kier molecular flexibility index (Phi) is 3.46. The van der Waals surface area contributed by atoms with Crippen molar-refractivity contribution in [1.29, 1.82) is 0 Å². The molecular formula is C14H18N4. The van der Waals surface area contributed by atoms with Gasteiger partial charge in [-0.05, 0) is 18.6 Å². The molecule has 0 fully saturated rings. The van der Waals surface area contributed by atoms with Gasteiger partial charge in [-0.25, -0.2) is 4.52 Å². The maximum atomic E-state index is 4.30. The summed E-state index contributed by atoms with van der Waals surface area (Å²) in [5.74, 6) is 0. The van der Waals surface area contributed by atoms with E-state index < -0.39 is 0 Å². The van der Waals surface area contributed by atoms with Crippen LogP contribution in [0.2, 0.25) is 0 Å². The van der Waals surface area contributed by atoms with E-state index in [1.165, 1.54) is 5.56 Å². The number of nitrogens with zero attached hydrogens (tertiary/aromatic N) is 4. The molecule has 0 aliphatic heterocycles. The van der Waals surface area contributed by atoms with Gasteiger partial charge in [-0.1, -0.05) is 19.9 Å². The van der Waals surface area contributed by atoms with E-state index in [0.717, 1.165) is 16.6 Å². The Morgan fingerprint density at radius 1 is 0.944 bits per heavy atom. The van der Waals surface area contributed by atoms with Crippen molar-refractivity contribution in [2.24, 2.45) is 7.05 Å². The average Bonchev–Trinajstić information content (AvgIpc) is 2.99. The smallest absolute Gasteiger partial charge is 0.0691 e. The molecule has 3 aromatic rings. The standard InChI is InChI=1S/C12H12N4.C2H6/c1-9-5-14-16-8-10(3-4-12(9)16)11-6-13-15(2)7-11;1-2/h3-8H,1-2H3;1-2H3. The molecule has 0 atom stereocenters. The summed E-state index contributed by atoms with van der Waals surface area (Å²) >= 11 is 0. The fraction of sp³-hybridized carbons (Fsp3) is 0.286. The van der Waals surface area contributed by atoms with Crippen LogP contribution in [0.5, 0.6) is 0 Å². The topological polar surface area (TPSA) is 35.1 Å². The van der Waals surface area contributed by atoms with E-state index in [4.69, 9.17) is 0 Å². The molecule has 18 heavy (non-hydrogen) atoms. The van der Waals surface area contributed by atoms with Gasteiger partial charge < -0.3 is 0 Å². The molecule has 3 heterocycles. The summed E-state index contributed by atoms with van der Waals surface area (Å²) in [7, 11) is 1.92. The Morgan fingerprint density at radius 3 is 2.39 bits per heavy atom. The van der Waals surface area contributed by atoms with E-state index in [2.05, 4.69) is 29.3 Å². The lowest BCUT2D eigenvalue weighted by molar-refractivity contribution is 0.768. The first-order valence-electron chi connectivity index (χ1n) is 6.17. The molecule has 0 aromatic carbocycles. The Bertz CT molecular complexity index is 649. The van der Waals surface area contributed by atoms with Gasteiger partial charge in [-0.15, -0.1) is 0 Å². The van der Waals surface area contributed by atoms with Gasteiger partial charge in [0.2, 0.25) is 0 Å². The van der Waals surface area contributed by atoms with Gasteiger partial charge in [-0.2, -0.15) is 10.2 Å². The second kappa shape index (κ2) is 5.04. The van der Waals surface area contributed by atoms with Crippen LogP contribution in [0.25, 0.3) is 16.6 Å². The third-order valence-corrected chi connectivity index (χ3v) is 2.75. The molecule has 0 amide bonds. The molecule has 0 unspecified atom stereocenters. The molecular weight excluding hydrogens is 224 g/mol. The first-order chi connectivity index (χ1) is 8.74. The lowest BCUT2D eigenvalue weighted by atomic mass is 10.1. The Morgan fingerprint density at radius 2 is 1.72 bits per heavy atom. The molecule has 4 nitrogen and oxygen atoms in total. The predicted octanol–water partition coefficient (Wildman–Crippen LogP) is 3.07. The number of pyridine rings is 1. The van der Waals surface area contributed by atoms with Crippen molar-refractivity contribution in [2.45, 2.75) is 20.8 Å². The van der Waals surface area contributed by atoms with Crippen molar-refractivity contribution in [3.8, 4) is 11.1 Å². The highest BCUT2D eigenvalue weighted by molar-refractivity contribution is 5.65. The number of rotatable bonds is 1. The van der Waals surface area contributed by atoms with Gasteiger partial charge in [0.05, 0.1) is 17.9 Å². The van der Waals surface area contributed by atoms with Gasteiger partial charge >= 0.3 is 0 Å². The van der Waals surface area contributed by atoms with Gasteiger partial charge in [0.15, 0.2) is 0 Å². The third kappa shape index (κ3) is 2.14. The minimum Gasteiger partial charge on any atom is -0.275 e. The monoisotopic (exact) mass is 242 g/mol. The molecule has 0 N–H and O–H groups in total. The van der Waals surface area contributed by atoms with Crippen LogP contribution >= 0.6 is 0 Å². The summed E-state index contributed by atoms with van der Waals surface area (Å²) in [5.41, 5.74) is 4.58. The summed E-state index contributed by atoms with van der Waals surface area (Å²) in [6.45, 7) is 6.06. The first kappa shape index (κ1) is 12.4. The van der Waals surface area contributed by atoms with Crippen LogP contribution in [0.15, 0.2) is 36.9 Å². The summed E-state index contributed by atoms with van der Waals surface area (Å²) < 4.78 is 3.70. The number of hydrogen-bond acceptors (Lipinski definition) is 2. The number of fused-ring (bicyclic) bond motifs is 1. The fourth-order valence-corrected chi connectivity index (χ4v) is 1.85. The van der Waals surface area contributed by atoms with Crippen molar-refractivity contribution in [1.82, 2.24) is 19.4 Å². The van der Waals surface area contributed by atoms with Gasteiger partial charge in [0.1, 0.15) is 0 Å². The maximum Gasteiger partial charge on any atom is 0.0691 e. The zero-order valence-corrected chi connectivity index (χ0v) is 11.3. The molecule has 3 aromatic heterocycles. The van der Waals surface area contributed by atoms with Crippen molar-refractivity contribution >= 4 is 5.52 Å². The summed E-state index contributed by atoms with van der Waals surface area (Å²) in [5, 5.41) is 8.47. The highest BCUT2D eigenvalue weighted by Gasteiger charge is 2.03. The zero-order chi connectivity index (χ0) is 13.1. The van der Waals surface area contributed by atoms with Gasteiger partial charge in [-0.3, -0.25) is 4.68 Å². The van der Waals surface area contributed by atoms with Crippen LogP contribution < -0.4 is 0 Å². The van der Waals surface area contributed by atoms with E-state index in [9.17, 15) is 0 Å². The van der Waals surface area contributed by atoms with E-state index >= 15 is 0 Å². The van der Waals surface area contributed by atoms with Crippen LogP contribution in [0, 0.1) is 6.92 Å². The van der Waals surface area contributed by atoms with Crippen LogP contribution in [0.1, 0.15) is 19.4 Å². The summed E-state index contributed by atoms with van der Waals surface area (Å²) in [4.78, 5) is 0. The van der Waals surface area contributed by atoms with Crippen molar-refractivity contribution < 1.29 is 0 Å². The van der Waals surface area contributed by atoms with Crippen LogP contribution in [-0.4, -0.2) is 19.4 Å². The van der Waals surface area contributed by atoms with E-state index in [1.54, 1.807) is 4.68 Å². The second-order valence-corrected chi connectivity index (χ2v) is 3.98. The Labute approximate surface area is 107 Å². The van der Waals surface area contributed by atoms with Crippen molar-refractivity contribution in [3.05, 3.63) is 42.5 Å². The molecule has 94 valence electrons. The molecule has 4 heteroatoms. The number of aromatic nitrogens is 4. The number of aryl methyl sites for hydroxylation is 2. The van der Waals surface area contributed by atoms with Crippen LogP contribution in [0.4, 0.5) is 0 Å². The minimum atomic E-state index is 1.11. The van der Waals surface area contributed by atoms with Crippen LogP contribution in [-0.2, 0) is 7.05 Å². The number of hydrogen-bond donors (Lipinski definition) is 0.